The molecular formula is C23H24ClN3O5S. The maximum Gasteiger partial charge on any atom is 0.238 e. The van der Waals surface area contributed by atoms with Gasteiger partial charge >= 0.3 is 0 Å². The van der Waals surface area contributed by atoms with E-state index in [2.05, 4.69) is 15.8 Å². The second kappa shape index (κ2) is 11.6. The molecule has 1 atom stereocenters. The lowest BCUT2D eigenvalue weighted by Gasteiger charge is -2.14. The van der Waals surface area contributed by atoms with Crippen molar-refractivity contribution in [3.05, 3.63) is 59.3 Å². The summed E-state index contributed by atoms with van der Waals surface area (Å²) in [7, 11) is 0. The fourth-order valence-electron chi connectivity index (χ4n) is 2.70. The molecule has 2 amide bonds. The molecule has 1 unspecified atom stereocenters. The number of anilines is 2. The second-order valence-corrected chi connectivity index (χ2v) is 8.73. The highest BCUT2D eigenvalue weighted by Crippen LogP contribution is 2.33. The smallest absolute Gasteiger partial charge is 0.238 e. The number of carbonyl (C=O) groups is 2. The van der Waals surface area contributed by atoms with Crippen molar-refractivity contribution in [1.82, 2.24) is 5.16 Å². The van der Waals surface area contributed by atoms with Crippen LogP contribution in [0.2, 0.25) is 5.02 Å². The summed E-state index contributed by atoms with van der Waals surface area (Å²) in [6.45, 7) is 5.93. The molecule has 0 aliphatic rings. The molecular weight excluding hydrogens is 466 g/mol. The zero-order valence-electron chi connectivity index (χ0n) is 18.4. The summed E-state index contributed by atoms with van der Waals surface area (Å²) in [6, 6.07) is 13.7. The Bertz CT molecular complexity index is 1100. The molecule has 33 heavy (non-hydrogen) atoms. The van der Waals surface area contributed by atoms with Gasteiger partial charge in [-0.25, -0.2) is 0 Å². The predicted octanol–water partition coefficient (Wildman–Crippen LogP) is 5.53. The van der Waals surface area contributed by atoms with Crippen molar-refractivity contribution in [2.75, 3.05) is 23.0 Å². The van der Waals surface area contributed by atoms with E-state index in [-0.39, 0.29) is 17.6 Å². The minimum Gasteiger partial charge on any atom is -0.494 e. The molecule has 3 aromatic rings. The number of nitrogens with zero attached hydrogens (tertiary/aromatic N) is 1. The van der Waals surface area contributed by atoms with Gasteiger partial charge in [0.15, 0.2) is 11.6 Å². The van der Waals surface area contributed by atoms with E-state index in [0.29, 0.717) is 40.4 Å². The number of amides is 2. The van der Waals surface area contributed by atoms with E-state index < -0.39 is 5.25 Å². The summed E-state index contributed by atoms with van der Waals surface area (Å²) in [5.41, 5.74) is 0.428. The summed E-state index contributed by atoms with van der Waals surface area (Å²) in [4.78, 5) is 24.8. The molecule has 0 fully saturated rings. The van der Waals surface area contributed by atoms with Crippen molar-refractivity contribution in [2.45, 2.75) is 26.0 Å². The van der Waals surface area contributed by atoms with Gasteiger partial charge in [-0.05, 0) is 63.2 Å². The Hall–Kier alpha value is -3.17. The Morgan fingerprint density at radius 1 is 1.12 bits per heavy atom. The van der Waals surface area contributed by atoms with Crippen LogP contribution in [0.25, 0.3) is 0 Å². The van der Waals surface area contributed by atoms with E-state index in [9.17, 15) is 9.59 Å². The van der Waals surface area contributed by atoms with E-state index in [0.717, 1.165) is 5.75 Å². The maximum atomic E-state index is 12.5. The van der Waals surface area contributed by atoms with E-state index in [4.69, 9.17) is 25.6 Å². The number of halogens is 1. The van der Waals surface area contributed by atoms with Crippen LogP contribution in [-0.2, 0) is 9.59 Å². The fraction of sp³-hybridized carbons (Fsp3) is 0.261. The number of hydrogen-bond acceptors (Lipinski definition) is 7. The van der Waals surface area contributed by atoms with E-state index in [1.165, 1.54) is 11.8 Å². The lowest BCUT2D eigenvalue weighted by atomic mass is 10.2. The Labute approximate surface area is 201 Å². The van der Waals surface area contributed by atoms with Crippen LogP contribution in [0.5, 0.6) is 17.2 Å². The number of carbonyl (C=O) groups excluding carboxylic acids is 2. The molecule has 1 aromatic heterocycles. The third-order valence-corrected chi connectivity index (χ3v) is 5.67. The van der Waals surface area contributed by atoms with Crippen molar-refractivity contribution in [3.8, 4) is 17.2 Å². The van der Waals surface area contributed by atoms with E-state index in [1.807, 2.05) is 6.92 Å². The van der Waals surface area contributed by atoms with Gasteiger partial charge in [-0.15, -0.1) is 11.8 Å². The standard InChI is InChI=1S/C23H24ClN3O5S/c1-4-30-17-6-8-18(9-7-17)31-20-10-5-16(24)12-19(20)25-22(28)13-33-15(3)23(29)26-21-11-14(2)32-27-21/h5-12,15H,4,13H2,1-3H3,(H,25,28)(H,26,27,29). The summed E-state index contributed by atoms with van der Waals surface area (Å²) >= 11 is 7.30. The maximum absolute atomic E-state index is 12.5. The minimum atomic E-state index is -0.480. The summed E-state index contributed by atoms with van der Waals surface area (Å²) < 4.78 is 16.3. The molecule has 2 N–H and O–H groups in total. The van der Waals surface area contributed by atoms with E-state index >= 15 is 0 Å². The molecule has 1 heterocycles. The van der Waals surface area contributed by atoms with Crippen molar-refractivity contribution in [1.29, 1.82) is 0 Å². The van der Waals surface area contributed by atoms with Crippen molar-refractivity contribution in [2.24, 2.45) is 0 Å². The van der Waals surface area contributed by atoms with Gasteiger partial charge in [0.25, 0.3) is 0 Å². The van der Waals surface area contributed by atoms with Crippen LogP contribution in [0.1, 0.15) is 19.6 Å². The largest absolute Gasteiger partial charge is 0.494 e. The van der Waals surface area contributed by atoms with Gasteiger partial charge in [-0.2, -0.15) is 0 Å². The second-order valence-electron chi connectivity index (χ2n) is 6.96. The number of benzene rings is 2. The number of thioether (sulfide) groups is 1. The lowest BCUT2D eigenvalue weighted by Crippen LogP contribution is -2.25. The molecule has 174 valence electrons. The van der Waals surface area contributed by atoms with Gasteiger partial charge in [0, 0.05) is 11.1 Å². The molecule has 0 aliphatic heterocycles. The van der Waals surface area contributed by atoms with Crippen molar-refractivity contribution in [3.63, 3.8) is 0 Å². The quantitative estimate of drug-likeness (QED) is 0.386. The molecule has 0 saturated heterocycles. The summed E-state index contributed by atoms with van der Waals surface area (Å²) in [6.07, 6.45) is 0. The molecule has 0 saturated carbocycles. The van der Waals surface area contributed by atoms with Crippen LogP contribution in [-0.4, -0.2) is 34.6 Å². The van der Waals surface area contributed by atoms with Crippen molar-refractivity contribution < 1.29 is 23.6 Å². The highest BCUT2D eigenvalue weighted by atomic mass is 35.5. The lowest BCUT2D eigenvalue weighted by molar-refractivity contribution is -0.115. The molecule has 10 heteroatoms. The predicted molar refractivity (Wildman–Crippen MR) is 130 cm³/mol. The Morgan fingerprint density at radius 3 is 2.52 bits per heavy atom. The first-order valence-electron chi connectivity index (χ1n) is 10.2. The number of hydrogen-bond donors (Lipinski definition) is 2. The zero-order chi connectivity index (χ0) is 23.8. The molecule has 3 rings (SSSR count). The highest BCUT2D eigenvalue weighted by molar-refractivity contribution is 8.01. The summed E-state index contributed by atoms with van der Waals surface area (Å²) in [5.74, 6) is 2.18. The third-order valence-electron chi connectivity index (χ3n) is 4.29. The number of aryl methyl sites for hydroxylation is 1. The Balaban J connectivity index is 1.57. The molecule has 0 spiro atoms. The first kappa shape index (κ1) is 24.5. The fourth-order valence-corrected chi connectivity index (χ4v) is 3.56. The Kier molecular flexibility index (Phi) is 8.62. The van der Waals surface area contributed by atoms with Crippen molar-refractivity contribution >= 4 is 46.7 Å². The normalized spacial score (nSPS) is 11.5. The number of aromatic nitrogens is 1. The number of rotatable bonds is 10. The van der Waals surface area contributed by atoms with Crippen LogP contribution in [0, 0.1) is 6.92 Å². The molecule has 0 aliphatic carbocycles. The first-order chi connectivity index (χ1) is 15.8. The average molecular weight is 490 g/mol. The van der Waals surface area contributed by atoms with Crippen LogP contribution in [0.3, 0.4) is 0 Å². The van der Waals surface area contributed by atoms with Crippen LogP contribution in [0.15, 0.2) is 53.1 Å². The van der Waals surface area contributed by atoms with Gasteiger partial charge in [-0.1, -0.05) is 16.8 Å². The SMILES string of the molecule is CCOc1ccc(Oc2ccc(Cl)cc2NC(=O)CSC(C)C(=O)Nc2cc(C)on2)cc1. The zero-order valence-corrected chi connectivity index (χ0v) is 20.0. The van der Waals surface area contributed by atoms with Gasteiger partial charge in [0.1, 0.15) is 17.3 Å². The number of ether oxygens (including phenoxy) is 2. The summed E-state index contributed by atoms with van der Waals surface area (Å²) in [5, 5.41) is 9.14. The molecule has 8 nitrogen and oxygen atoms in total. The topological polar surface area (TPSA) is 103 Å². The molecule has 0 radical (unpaired) electrons. The Morgan fingerprint density at radius 2 is 1.85 bits per heavy atom. The minimum absolute atomic E-state index is 0.0570. The van der Waals surface area contributed by atoms with Gasteiger partial charge in [0.2, 0.25) is 11.8 Å². The van der Waals surface area contributed by atoms with Gasteiger partial charge < -0.3 is 24.6 Å². The van der Waals surface area contributed by atoms with E-state index in [1.54, 1.807) is 62.4 Å². The average Bonchev–Trinajstić information content (AvgIpc) is 3.19. The first-order valence-corrected chi connectivity index (χ1v) is 11.6. The third kappa shape index (κ3) is 7.44. The van der Waals surface area contributed by atoms with Gasteiger partial charge in [0.05, 0.1) is 23.3 Å². The van der Waals surface area contributed by atoms with Crippen LogP contribution >= 0.6 is 23.4 Å². The monoisotopic (exact) mass is 489 g/mol. The number of nitrogens with one attached hydrogen (secondary N) is 2. The molecule has 0 bridgehead atoms. The van der Waals surface area contributed by atoms with Crippen LogP contribution < -0.4 is 20.1 Å². The van der Waals surface area contributed by atoms with Gasteiger partial charge in [-0.3, -0.25) is 9.59 Å². The highest BCUT2D eigenvalue weighted by Gasteiger charge is 2.18. The molecule has 2 aromatic carbocycles. The van der Waals surface area contributed by atoms with Crippen LogP contribution in [0.4, 0.5) is 11.5 Å².